The van der Waals surface area contributed by atoms with Gasteiger partial charge in [-0.3, -0.25) is 14.4 Å². The van der Waals surface area contributed by atoms with E-state index in [0.29, 0.717) is 19.3 Å². The summed E-state index contributed by atoms with van der Waals surface area (Å²) in [6.45, 7) is 6.53. The van der Waals surface area contributed by atoms with Crippen LogP contribution in [0.25, 0.3) is 0 Å². The van der Waals surface area contributed by atoms with Crippen molar-refractivity contribution in [1.82, 2.24) is 0 Å². The minimum absolute atomic E-state index is 0.0835. The number of esters is 3. The van der Waals surface area contributed by atoms with Crippen molar-refractivity contribution in [3.05, 3.63) is 72.9 Å². The summed E-state index contributed by atoms with van der Waals surface area (Å²) in [6, 6.07) is 0. The van der Waals surface area contributed by atoms with Gasteiger partial charge in [-0.05, 0) is 109 Å². The maximum absolute atomic E-state index is 12.9. The molecule has 0 heterocycles. The van der Waals surface area contributed by atoms with Crippen molar-refractivity contribution >= 4 is 17.9 Å². The molecule has 0 aliphatic rings. The zero-order chi connectivity index (χ0) is 57.1. The van der Waals surface area contributed by atoms with Crippen LogP contribution in [0.1, 0.15) is 355 Å². The van der Waals surface area contributed by atoms with Gasteiger partial charge in [0.05, 0.1) is 0 Å². The maximum atomic E-state index is 12.9. The molecular weight excluding hydrogens is 973 g/mol. The third-order valence-corrected chi connectivity index (χ3v) is 15.2. The van der Waals surface area contributed by atoms with E-state index in [4.69, 9.17) is 14.2 Å². The molecule has 0 saturated heterocycles. The highest BCUT2D eigenvalue weighted by molar-refractivity contribution is 5.71. The largest absolute Gasteiger partial charge is 0.462 e. The molecule has 6 nitrogen and oxygen atoms in total. The Morgan fingerprint density at radius 2 is 0.494 bits per heavy atom. The minimum Gasteiger partial charge on any atom is -0.462 e. The van der Waals surface area contributed by atoms with Gasteiger partial charge < -0.3 is 14.2 Å². The number of hydrogen-bond donors (Lipinski definition) is 0. The maximum Gasteiger partial charge on any atom is 0.306 e. The van der Waals surface area contributed by atoms with Crippen LogP contribution >= 0.6 is 0 Å². The molecule has 1 atom stereocenters. The van der Waals surface area contributed by atoms with Crippen molar-refractivity contribution in [2.45, 2.75) is 361 Å². The molecule has 0 amide bonds. The van der Waals surface area contributed by atoms with Crippen molar-refractivity contribution in [2.24, 2.45) is 0 Å². The molecule has 0 saturated carbocycles. The van der Waals surface area contributed by atoms with Gasteiger partial charge in [0.15, 0.2) is 6.10 Å². The van der Waals surface area contributed by atoms with Gasteiger partial charge in [-0.25, -0.2) is 0 Å². The van der Waals surface area contributed by atoms with Crippen LogP contribution in [-0.2, 0) is 28.6 Å². The zero-order valence-electron chi connectivity index (χ0n) is 52.6. The minimum atomic E-state index is -0.789. The second kappa shape index (κ2) is 67.4. The van der Waals surface area contributed by atoms with E-state index in [1.807, 2.05) is 0 Å². The van der Waals surface area contributed by atoms with Crippen molar-refractivity contribution in [3.8, 4) is 0 Å². The van der Waals surface area contributed by atoms with Crippen LogP contribution in [0.4, 0.5) is 0 Å². The SMILES string of the molecule is CC/C=C\C/C=C\C/C=C\CCCCCC(=O)OCC(COC(=O)CCCCCCCCCCCCCCCCCCCCC/C=C\C/C=C\CCCCCCC)OC(=O)CCCCCCCCC/C=C\CCCCCCCC. The Balaban J connectivity index is 4.18. The van der Waals surface area contributed by atoms with E-state index in [-0.39, 0.29) is 31.1 Å². The summed E-state index contributed by atoms with van der Waals surface area (Å²) in [4.78, 5) is 38.3. The van der Waals surface area contributed by atoms with Gasteiger partial charge >= 0.3 is 17.9 Å². The first-order chi connectivity index (χ1) is 39.0. The quantitative estimate of drug-likeness (QED) is 0.0261. The summed E-state index contributed by atoms with van der Waals surface area (Å²) in [5.74, 6) is -0.901. The summed E-state index contributed by atoms with van der Waals surface area (Å²) in [5.41, 5.74) is 0. The lowest BCUT2D eigenvalue weighted by atomic mass is 10.0. The number of rotatable bonds is 63. The molecule has 458 valence electrons. The third kappa shape index (κ3) is 65.5. The van der Waals surface area contributed by atoms with Crippen LogP contribution in [0.15, 0.2) is 72.9 Å². The summed E-state index contributed by atoms with van der Waals surface area (Å²) in [7, 11) is 0. The summed E-state index contributed by atoms with van der Waals surface area (Å²) < 4.78 is 16.9. The smallest absolute Gasteiger partial charge is 0.306 e. The monoisotopic (exact) mass is 1100 g/mol. The van der Waals surface area contributed by atoms with Crippen LogP contribution < -0.4 is 0 Å². The predicted molar refractivity (Wildman–Crippen MR) is 344 cm³/mol. The first kappa shape index (κ1) is 75.8. The highest BCUT2D eigenvalue weighted by Crippen LogP contribution is 2.17. The fraction of sp³-hybridized carbons (Fsp3) is 0.795. The lowest BCUT2D eigenvalue weighted by Gasteiger charge is -2.18. The Hall–Kier alpha value is -3.15. The van der Waals surface area contributed by atoms with E-state index in [1.165, 1.54) is 225 Å². The molecule has 0 aromatic heterocycles. The van der Waals surface area contributed by atoms with Crippen LogP contribution in [0.5, 0.6) is 0 Å². The summed E-state index contributed by atoms with van der Waals surface area (Å²) in [5, 5.41) is 0. The standard InChI is InChI=1S/C73H130O6/c1-4-7-10-13-16-19-22-25-27-29-30-31-32-33-34-35-36-37-38-39-40-41-42-44-45-48-51-54-57-60-63-66-72(75)78-69-70(68-77-71(74)65-62-59-56-53-50-47-24-21-18-15-12-9-6-3)79-73(76)67-64-61-58-55-52-49-46-43-28-26-23-20-17-14-11-8-5-2/h9,12,18,21-22,25-26,28-30,47,50,70H,4-8,10-11,13-17,19-20,23-24,27,31-46,48-49,51-69H2,1-3H3/b12-9-,21-18-,25-22-,28-26-,30-29-,50-47-. The molecule has 0 radical (unpaired) electrons. The molecule has 79 heavy (non-hydrogen) atoms. The number of unbranched alkanes of at least 4 members (excludes halogenated alkanes) is 40. The van der Waals surface area contributed by atoms with Gasteiger partial charge in [-0.1, -0.05) is 299 Å². The molecule has 0 aromatic rings. The van der Waals surface area contributed by atoms with Gasteiger partial charge in [0.25, 0.3) is 0 Å². The fourth-order valence-corrected chi connectivity index (χ4v) is 10.0. The van der Waals surface area contributed by atoms with Crippen molar-refractivity contribution in [3.63, 3.8) is 0 Å². The normalized spacial score (nSPS) is 12.5. The van der Waals surface area contributed by atoms with Crippen LogP contribution in [0.2, 0.25) is 0 Å². The van der Waals surface area contributed by atoms with E-state index >= 15 is 0 Å². The van der Waals surface area contributed by atoms with Gasteiger partial charge in [0, 0.05) is 19.3 Å². The highest BCUT2D eigenvalue weighted by atomic mass is 16.6. The Labute approximate surface area is 491 Å². The first-order valence-corrected chi connectivity index (χ1v) is 34.4. The van der Waals surface area contributed by atoms with Gasteiger partial charge in [0.2, 0.25) is 0 Å². The molecular formula is C73H130O6. The molecule has 0 aliphatic carbocycles. The Kier molecular flexibility index (Phi) is 64.7. The average molecular weight is 1100 g/mol. The number of carbonyl (C=O) groups is 3. The third-order valence-electron chi connectivity index (χ3n) is 15.2. The zero-order valence-corrected chi connectivity index (χ0v) is 52.6. The second-order valence-corrected chi connectivity index (χ2v) is 23.1. The van der Waals surface area contributed by atoms with Crippen LogP contribution in [0.3, 0.4) is 0 Å². The van der Waals surface area contributed by atoms with Crippen LogP contribution in [-0.4, -0.2) is 37.2 Å². The molecule has 1 unspecified atom stereocenters. The summed E-state index contributed by atoms with van der Waals surface area (Å²) >= 11 is 0. The summed E-state index contributed by atoms with van der Waals surface area (Å²) in [6.07, 6.45) is 88.0. The number of hydrogen-bond acceptors (Lipinski definition) is 6. The van der Waals surface area contributed by atoms with Crippen molar-refractivity contribution in [1.29, 1.82) is 0 Å². The highest BCUT2D eigenvalue weighted by Gasteiger charge is 2.19. The Morgan fingerprint density at radius 1 is 0.266 bits per heavy atom. The van der Waals surface area contributed by atoms with E-state index in [2.05, 4.69) is 93.7 Å². The Bertz CT molecular complexity index is 1450. The van der Waals surface area contributed by atoms with Gasteiger partial charge in [0.1, 0.15) is 13.2 Å². The Morgan fingerprint density at radius 3 is 0.797 bits per heavy atom. The van der Waals surface area contributed by atoms with E-state index < -0.39 is 6.10 Å². The molecule has 0 spiro atoms. The van der Waals surface area contributed by atoms with E-state index in [0.717, 1.165) is 89.9 Å². The molecule has 0 aromatic carbocycles. The van der Waals surface area contributed by atoms with Crippen LogP contribution in [0, 0.1) is 0 Å². The van der Waals surface area contributed by atoms with Crippen molar-refractivity contribution < 1.29 is 28.6 Å². The topological polar surface area (TPSA) is 78.9 Å². The second-order valence-electron chi connectivity index (χ2n) is 23.1. The average Bonchev–Trinajstić information content (AvgIpc) is 3.45. The predicted octanol–water partition coefficient (Wildman–Crippen LogP) is 23.7. The lowest BCUT2D eigenvalue weighted by Crippen LogP contribution is -2.30. The molecule has 0 bridgehead atoms. The van der Waals surface area contributed by atoms with E-state index in [9.17, 15) is 14.4 Å². The van der Waals surface area contributed by atoms with Gasteiger partial charge in [-0.15, -0.1) is 0 Å². The fourth-order valence-electron chi connectivity index (χ4n) is 10.0. The number of allylic oxidation sites excluding steroid dienone is 12. The molecule has 0 rings (SSSR count). The number of carbonyl (C=O) groups excluding carboxylic acids is 3. The molecule has 0 fully saturated rings. The van der Waals surface area contributed by atoms with Gasteiger partial charge in [-0.2, -0.15) is 0 Å². The number of ether oxygens (including phenoxy) is 3. The first-order valence-electron chi connectivity index (χ1n) is 34.4. The molecule has 0 aliphatic heterocycles. The lowest BCUT2D eigenvalue weighted by molar-refractivity contribution is -0.167. The molecule has 0 N–H and O–H groups in total. The van der Waals surface area contributed by atoms with E-state index in [1.54, 1.807) is 0 Å². The molecule has 6 heteroatoms. The van der Waals surface area contributed by atoms with Crippen molar-refractivity contribution in [2.75, 3.05) is 13.2 Å².